The van der Waals surface area contributed by atoms with Crippen molar-refractivity contribution in [2.24, 2.45) is 0 Å². The number of rotatable bonds is 8. The van der Waals surface area contributed by atoms with Gasteiger partial charge in [0.1, 0.15) is 23.1 Å². The minimum atomic E-state index is -1.22. The molecule has 0 amide bonds. The molecule has 4 rings (SSSR count). The molecule has 0 unspecified atom stereocenters. The van der Waals surface area contributed by atoms with Gasteiger partial charge in [0.05, 0.1) is 18.7 Å². The van der Waals surface area contributed by atoms with Crippen molar-refractivity contribution in [3.8, 4) is 23.0 Å². The smallest absolute Gasteiger partial charge is 0.341 e. The van der Waals surface area contributed by atoms with E-state index in [0.29, 0.717) is 10.9 Å². The highest BCUT2D eigenvalue weighted by Gasteiger charge is 2.21. The Morgan fingerprint density at radius 2 is 1.74 bits per heavy atom. The normalized spacial score (nSPS) is 11.0. The molecule has 2 aromatic carbocycles. The van der Waals surface area contributed by atoms with Crippen LogP contribution in [-0.2, 0) is 11.3 Å². The molecule has 176 valence electrons. The summed E-state index contributed by atoms with van der Waals surface area (Å²) in [5.41, 5.74) is 12.5. The molecule has 5 N–H and O–H groups in total. The van der Waals surface area contributed by atoms with Crippen molar-refractivity contribution >= 4 is 28.5 Å². The van der Waals surface area contributed by atoms with Gasteiger partial charge in [-0.2, -0.15) is 5.10 Å². The summed E-state index contributed by atoms with van der Waals surface area (Å²) in [4.78, 5) is 19.1. The Hall–Kier alpha value is -4.48. The number of aliphatic carboxylic acids is 1. The average molecular weight is 470 g/mol. The Balaban J connectivity index is 1.76. The van der Waals surface area contributed by atoms with Crippen molar-refractivity contribution in [2.45, 2.75) is 13.5 Å². The zero-order chi connectivity index (χ0) is 24.4. The predicted molar refractivity (Wildman–Crippen MR) is 119 cm³/mol. The van der Waals surface area contributed by atoms with Crippen molar-refractivity contribution in [2.75, 3.05) is 24.7 Å². The lowest BCUT2D eigenvalue weighted by molar-refractivity contribution is -0.139. The van der Waals surface area contributed by atoms with Gasteiger partial charge in [-0.25, -0.2) is 23.5 Å². The van der Waals surface area contributed by atoms with Gasteiger partial charge in [0.25, 0.3) is 0 Å². The van der Waals surface area contributed by atoms with Crippen molar-refractivity contribution < 1.29 is 28.2 Å². The number of benzene rings is 2. The molecule has 0 radical (unpaired) electrons. The number of fused-ring (bicyclic) bond motifs is 1. The molecule has 12 heteroatoms. The number of anilines is 2. The fraction of sp³-hybridized carbons (Fsp3) is 0.182. The Morgan fingerprint density at radius 3 is 2.35 bits per heavy atom. The summed E-state index contributed by atoms with van der Waals surface area (Å²) in [5, 5.41) is 13.8. The summed E-state index contributed by atoms with van der Waals surface area (Å²) in [7, 11) is 0. The maximum absolute atomic E-state index is 14.7. The van der Waals surface area contributed by atoms with E-state index in [1.54, 1.807) is 31.2 Å². The van der Waals surface area contributed by atoms with Crippen LogP contribution in [0.4, 0.5) is 20.4 Å². The highest BCUT2D eigenvalue weighted by Crippen LogP contribution is 2.32. The third-order valence-electron chi connectivity index (χ3n) is 4.86. The van der Waals surface area contributed by atoms with Crippen molar-refractivity contribution in [1.82, 2.24) is 19.7 Å². The van der Waals surface area contributed by atoms with Crippen LogP contribution < -0.4 is 20.9 Å². The van der Waals surface area contributed by atoms with E-state index in [2.05, 4.69) is 15.1 Å². The van der Waals surface area contributed by atoms with Gasteiger partial charge in [-0.1, -0.05) is 18.2 Å². The third kappa shape index (κ3) is 4.37. The standard InChI is InChI=1S/C22H20F2N6O4/c1-2-33-11-7-14(23)13(15(24)8-11)9-30-16-6-4-3-5-12(16)18(29-30)22-27-20(25)19(21(26)28-22)34-10-17(31)32/h3-8H,2,9-10H2,1H3,(H,31,32)(H4,25,26,27,28). The van der Waals surface area contributed by atoms with Gasteiger partial charge in [0, 0.05) is 23.1 Å². The Kier molecular flexibility index (Phi) is 6.13. The monoisotopic (exact) mass is 470 g/mol. The number of carbonyl (C=O) groups is 1. The maximum Gasteiger partial charge on any atom is 0.341 e. The van der Waals surface area contributed by atoms with Gasteiger partial charge in [-0.3, -0.25) is 4.68 Å². The first-order valence-corrected chi connectivity index (χ1v) is 10.1. The van der Waals surface area contributed by atoms with E-state index >= 15 is 0 Å². The topological polar surface area (TPSA) is 151 Å². The zero-order valence-corrected chi connectivity index (χ0v) is 18.0. The summed E-state index contributed by atoms with van der Waals surface area (Å²) in [5.74, 6) is -3.13. The summed E-state index contributed by atoms with van der Waals surface area (Å²) < 4.78 is 41.0. The highest BCUT2D eigenvalue weighted by atomic mass is 19.1. The average Bonchev–Trinajstić information content (AvgIpc) is 3.14. The van der Waals surface area contributed by atoms with Crippen molar-refractivity contribution in [3.63, 3.8) is 0 Å². The summed E-state index contributed by atoms with van der Waals surface area (Å²) in [6.07, 6.45) is 0. The van der Waals surface area contributed by atoms with Crippen LogP contribution in [0.3, 0.4) is 0 Å². The number of aromatic nitrogens is 4. The van der Waals surface area contributed by atoms with Crippen LogP contribution in [0.1, 0.15) is 12.5 Å². The van der Waals surface area contributed by atoms with E-state index in [9.17, 15) is 13.6 Å². The van der Waals surface area contributed by atoms with Gasteiger partial charge in [0.15, 0.2) is 24.1 Å². The molecular formula is C22H20F2N6O4. The van der Waals surface area contributed by atoms with Gasteiger partial charge in [-0.05, 0) is 13.0 Å². The molecule has 2 aromatic heterocycles. The Morgan fingerprint density at radius 1 is 1.09 bits per heavy atom. The second kappa shape index (κ2) is 9.17. The van der Waals surface area contributed by atoms with Crippen LogP contribution in [0, 0.1) is 11.6 Å². The lowest BCUT2D eigenvalue weighted by Crippen LogP contribution is -2.13. The summed E-state index contributed by atoms with van der Waals surface area (Å²) in [6.45, 7) is 1.11. The van der Waals surface area contributed by atoms with E-state index in [1.165, 1.54) is 4.68 Å². The number of hydrogen-bond acceptors (Lipinski definition) is 8. The predicted octanol–water partition coefficient (Wildman–Crippen LogP) is 2.85. The Bertz CT molecular complexity index is 1350. The lowest BCUT2D eigenvalue weighted by atomic mass is 10.1. The first kappa shape index (κ1) is 22.7. The quantitative estimate of drug-likeness (QED) is 0.353. The fourth-order valence-electron chi connectivity index (χ4n) is 3.42. The molecule has 0 fully saturated rings. The van der Waals surface area contributed by atoms with Crippen LogP contribution in [-0.4, -0.2) is 44.0 Å². The molecule has 0 saturated heterocycles. The largest absolute Gasteiger partial charge is 0.494 e. The second-order valence-electron chi connectivity index (χ2n) is 7.15. The fourth-order valence-corrected chi connectivity index (χ4v) is 3.42. The molecule has 10 nitrogen and oxygen atoms in total. The van der Waals surface area contributed by atoms with Crippen molar-refractivity contribution in [1.29, 1.82) is 0 Å². The molecule has 4 aromatic rings. The number of para-hydroxylation sites is 1. The molecule has 0 aliphatic heterocycles. The summed E-state index contributed by atoms with van der Waals surface area (Å²) >= 11 is 0. The lowest BCUT2D eigenvalue weighted by Gasteiger charge is -2.10. The molecule has 34 heavy (non-hydrogen) atoms. The van der Waals surface area contributed by atoms with Crippen LogP contribution in [0.25, 0.3) is 22.4 Å². The maximum atomic E-state index is 14.7. The van der Waals surface area contributed by atoms with Crippen LogP contribution in [0.2, 0.25) is 0 Å². The SMILES string of the molecule is CCOc1cc(F)c(Cn2nc(-c3nc(N)c(OCC(=O)O)c(N)n3)c3ccccc32)c(F)c1. The van der Waals surface area contributed by atoms with Crippen LogP contribution in [0.5, 0.6) is 11.5 Å². The number of nitrogens with two attached hydrogens (primary N) is 2. The Labute approximate surface area is 191 Å². The summed E-state index contributed by atoms with van der Waals surface area (Å²) in [6, 6.07) is 9.22. The minimum absolute atomic E-state index is 0.0419. The number of carboxylic acid groups (broad SMARTS) is 1. The van der Waals surface area contributed by atoms with E-state index in [1.807, 2.05) is 0 Å². The van der Waals surface area contributed by atoms with Crippen LogP contribution in [0.15, 0.2) is 36.4 Å². The molecule has 2 heterocycles. The van der Waals surface area contributed by atoms with Crippen molar-refractivity contribution in [3.05, 3.63) is 53.6 Å². The van der Waals surface area contributed by atoms with E-state index in [4.69, 9.17) is 26.0 Å². The van der Waals surface area contributed by atoms with Crippen LogP contribution >= 0.6 is 0 Å². The zero-order valence-electron chi connectivity index (χ0n) is 18.0. The molecule has 0 spiro atoms. The number of carboxylic acids is 1. The number of ether oxygens (including phenoxy) is 2. The molecule has 0 saturated carbocycles. The van der Waals surface area contributed by atoms with Gasteiger partial charge < -0.3 is 26.0 Å². The number of nitrogen functional groups attached to an aromatic ring is 2. The first-order valence-electron chi connectivity index (χ1n) is 10.1. The van der Waals surface area contributed by atoms with E-state index in [0.717, 1.165) is 12.1 Å². The van der Waals surface area contributed by atoms with E-state index < -0.39 is 24.2 Å². The number of hydrogen-bond donors (Lipinski definition) is 3. The van der Waals surface area contributed by atoms with Gasteiger partial charge in [0.2, 0.25) is 5.75 Å². The second-order valence-corrected chi connectivity index (χ2v) is 7.15. The van der Waals surface area contributed by atoms with E-state index in [-0.39, 0.29) is 53.4 Å². The molecule has 0 atom stereocenters. The highest BCUT2D eigenvalue weighted by molar-refractivity contribution is 5.92. The molecule has 0 bridgehead atoms. The molecular weight excluding hydrogens is 450 g/mol. The molecule has 0 aliphatic carbocycles. The van der Waals surface area contributed by atoms with Gasteiger partial charge >= 0.3 is 5.97 Å². The number of halogens is 2. The minimum Gasteiger partial charge on any atom is -0.494 e. The first-order chi connectivity index (χ1) is 16.3. The third-order valence-corrected chi connectivity index (χ3v) is 4.86. The molecule has 0 aliphatic rings. The number of nitrogens with zero attached hydrogens (tertiary/aromatic N) is 4. The van der Waals surface area contributed by atoms with Gasteiger partial charge in [-0.15, -0.1) is 0 Å².